The van der Waals surface area contributed by atoms with Gasteiger partial charge in [0.05, 0.1) is 5.02 Å². The highest BCUT2D eigenvalue weighted by Crippen LogP contribution is 2.37. The Hall–Kier alpha value is -1.01. The number of amides is 1. The fourth-order valence-corrected chi connectivity index (χ4v) is 2.07. The van der Waals surface area contributed by atoms with Crippen LogP contribution >= 0.6 is 23.2 Å². The highest BCUT2D eigenvalue weighted by atomic mass is 35.5. The van der Waals surface area contributed by atoms with Gasteiger partial charge in [-0.1, -0.05) is 30.1 Å². The number of ether oxygens (including phenoxy) is 3. The molecule has 0 saturated heterocycles. The van der Waals surface area contributed by atoms with Crippen LogP contribution in [-0.4, -0.2) is 20.0 Å². The van der Waals surface area contributed by atoms with Crippen molar-refractivity contribution in [1.82, 2.24) is 0 Å². The fourth-order valence-electron chi connectivity index (χ4n) is 1.63. The van der Waals surface area contributed by atoms with Crippen LogP contribution in [0.4, 0.5) is 4.79 Å². The molecule has 0 heterocycles. The number of halogens is 2. The van der Waals surface area contributed by atoms with Gasteiger partial charge in [-0.25, -0.2) is 4.79 Å². The topological polar surface area (TPSA) is 70.8 Å². The summed E-state index contributed by atoms with van der Waals surface area (Å²) in [7, 11) is 1.45. The molecule has 5 nitrogen and oxygen atoms in total. The first kappa shape index (κ1) is 16.0. The number of benzene rings is 1. The summed E-state index contributed by atoms with van der Waals surface area (Å²) < 4.78 is 15.4. The maximum Gasteiger partial charge on any atom is 0.407 e. The van der Waals surface area contributed by atoms with Crippen LogP contribution in [0.25, 0.3) is 0 Å². The van der Waals surface area contributed by atoms with Crippen molar-refractivity contribution in [3.05, 3.63) is 33.8 Å². The van der Waals surface area contributed by atoms with E-state index in [9.17, 15) is 4.79 Å². The number of rotatable bonds is 6. The van der Waals surface area contributed by atoms with Gasteiger partial charge in [0.1, 0.15) is 0 Å². The maximum absolute atomic E-state index is 11.1. The molecule has 1 aromatic carbocycles. The lowest BCUT2D eigenvalue weighted by molar-refractivity contribution is -0.249. The second-order valence-electron chi connectivity index (χ2n) is 3.70. The minimum atomic E-state index is -1.43. The van der Waals surface area contributed by atoms with E-state index in [4.69, 9.17) is 43.1 Å². The summed E-state index contributed by atoms with van der Waals surface area (Å²) in [5.41, 5.74) is 5.51. The van der Waals surface area contributed by atoms with Crippen LogP contribution in [0, 0.1) is 0 Å². The van der Waals surface area contributed by atoms with E-state index in [0.717, 1.165) is 0 Å². The first-order valence-corrected chi connectivity index (χ1v) is 6.27. The van der Waals surface area contributed by atoms with Crippen LogP contribution < -0.4 is 5.73 Å². The van der Waals surface area contributed by atoms with Crippen LogP contribution in [0.2, 0.25) is 10.0 Å². The molecule has 0 radical (unpaired) electrons. The third-order valence-electron chi connectivity index (χ3n) is 2.48. The van der Waals surface area contributed by atoms with Gasteiger partial charge in [0.2, 0.25) is 5.79 Å². The van der Waals surface area contributed by atoms with Crippen LogP contribution in [0.5, 0.6) is 0 Å². The smallest absolute Gasteiger partial charge is 0.407 e. The Morgan fingerprint density at radius 2 is 2.11 bits per heavy atom. The third kappa shape index (κ3) is 3.98. The number of nitrogens with two attached hydrogens (primary N) is 1. The average Bonchev–Trinajstić information content (AvgIpc) is 2.37. The molecule has 0 bridgehead atoms. The van der Waals surface area contributed by atoms with Crippen molar-refractivity contribution in [3.8, 4) is 0 Å². The summed E-state index contributed by atoms with van der Waals surface area (Å²) in [6, 6.07) is 4.77. The van der Waals surface area contributed by atoms with E-state index in [2.05, 4.69) is 0 Å². The van der Waals surface area contributed by atoms with Gasteiger partial charge in [0, 0.05) is 24.1 Å². The van der Waals surface area contributed by atoms with Crippen molar-refractivity contribution < 1.29 is 19.0 Å². The van der Waals surface area contributed by atoms with E-state index in [0.29, 0.717) is 22.0 Å². The van der Waals surface area contributed by atoms with Crippen molar-refractivity contribution in [2.45, 2.75) is 19.1 Å². The summed E-state index contributed by atoms with van der Waals surface area (Å²) in [5.74, 6) is -1.43. The molecule has 19 heavy (non-hydrogen) atoms. The number of hydrogen-bond acceptors (Lipinski definition) is 4. The Morgan fingerprint density at radius 3 is 2.63 bits per heavy atom. The maximum atomic E-state index is 11.1. The minimum absolute atomic E-state index is 0.0933. The normalized spacial score (nSPS) is 13.9. The molecule has 0 aliphatic rings. The lowest BCUT2D eigenvalue weighted by Gasteiger charge is -2.32. The Bertz CT molecular complexity index is 455. The molecule has 0 spiro atoms. The molecule has 1 amide bonds. The lowest BCUT2D eigenvalue weighted by atomic mass is 10.0. The van der Waals surface area contributed by atoms with Crippen molar-refractivity contribution >= 4 is 29.3 Å². The predicted molar refractivity (Wildman–Crippen MR) is 72.1 cm³/mol. The molecule has 2 N–H and O–H groups in total. The Balaban J connectivity index is 3.26. The Morgan fingerprint density at radius 1 is 1.42 bits per heavy atom. The van der Waals surface area contributed by atoms with Crippen LogP contribution in [0.15, 0.2) is 18.2 Å². The SMILES string of the molecule is CCC(OCOC)(OC(N)=O)c1cc(Cl)ccc1Cl. The molecule has 1 unspecified atom stereocenters. The quantitative estimate of drug-likeness (QED) is 0.819. The van der Waals surface area contributed by atoms with Gasteiger partial charge in [-0.15, -0.1) is 0 Å². The monoisotopic (exact) mass is 307 g/mol. The molecule has 1 atom stereocenters. The van der Waals surface area contributed by atoms with Crippen LogP contribution in [0.1, 0.15) is 18.9 Å². The van der Waals surface area contributed by atoms with Gasteiger partial charge in [-0.2, -0.15) is 0 Å². The molecule has 0 aromatic heterocycles. The van der Waals surface area contributed by atoms with Crippen molar-refractivity contribution in [3.63, 3.8) is 0 Å². The van der Waals surface area contributed by atoms with Crippen LogP contribution in [0.3, 0.4) is 0 Å². The van der Waals surface area contributed by atoms with E-state index in [1.807, 2.05) is 0 Å². The van der Waals surface area contributed by atoms with Gasteiger partial charge in [-0.05, 0) is 18.2 Å². The second-order valence-corrected chi connectivity index (χ2v) is 4.55. The molecular formula is C12H15Cl2NO4. The van der Waals surface area contributed by atoms with E-state index in [-0.39, 0.29) is 6.79 Å². The minimum Gasteiger partial charge on any atom is -0.412 e. The van der Waals surface area contributed by atoms with Crippen LogP contribution in [-0.2, 0) is 20.0 Å². The van der Waals surface area contributed by atoms with E-state index in [1.165, 1.54) is 7.11 Å². The highest BCUT2D eigenvalue weighted by molar-refractivity contribution is 6.33. The van der Waals surface area contributed by atoms with Crippen molar-refractivity contribution in [2.24, 2.45) is 5.73 Å². The zero-order valence-corrected chi connectivity index (χ0v) is 12.1. The summed E-state index contributed by atoms with van der Waals surface area (Å²) in [4.78, 5) is 11.1. The molecular weight excluding hydrogens is 293 g/mol. The average molecular weight is 308 g/mol. The first-order chi connectivity index (χ1) is 8.95. The highest BCUT2D eigenvalue weighted by Gasteiger charge is 2.37. The van der Waals surface area contributed by atoms with Gasteiger partial charge in [0.25, 0.3) is 0 Å². The Labute approximate surface area is 121 Å². The second kappa shape index (κ2) is 6.96. The third-order valence-corrected chi connectivity index (χ3v) is 3.04. The number of hydrogen-bond donors (Lipinski definition) is 1. The van der Waals surface area contributed by atoms with Gasteiger partial charge in [0.15, 0.2) is 6.79 Å². The standard InChI is InChI=1S/C12H15Cl2NO4/c1-3-12(18-7-17-2,19-11(15)16)9-6-8(13)4-5-10(9)14/h4-6H,3,7H2,1-2H3,(H2,15,16). The zero-order valence-electron chi connectivity index (χ0n) is 10.6. The van der Waals surface area contributed by atoms with E-state index < -0.39 is 11.9 Å². The largest absolute Gasteiger partial charge is 0.412 e. The van der Waals surface area contributed by atoms with Gasteiger partial charge in [-0.3, -0.25) is 0 Å². The molecule has 1 rings (SSSR count). The van der Waals surface area contributed by atoms with Gasteiger partial charge < -0.3 is 19.9 Å². The summed E-state index contributed by atoms with van der Waals surface area (Å²) in [5, 5.41) is 0.787. The summed E-state index contributed by atoms with van der Waals surface area (Å²) >= 11 is 12.0. The molecule has 0 aliphatic heterocycles. The van der Waals surface area contributed by atoms with E-state index >= 15 is 0 Å². The molecule has 1 aromatic rings. The predicted octanol–water partition coefficient (Wildman–Crippen LogP) is 3.27. The molecule has 106 valence electrons. The molecule has 0 fully saturated rings. The number of carbonyl (C=O) groups is 1. The lowest BCUT2D eigenvalue weighted by Crippen LogP contribution is -2.38. The Kier molecular flexibility index (Phi) is 5.87. The molecule has 0 saturated carbocycles. The van der Waals surface area contributed by atoms with Crippen molar-refractivity contribution in [1.29, 1.82) is 0 Å². The number of primary amides is 1. The van der Waals surface area contributed by atoms with E-state index in [1.54, 1.807) is 25.1 Å². The summed E-state index contributed by atoms with van der Waals surface area (Å²) in [6.07, 6.45) is -0.687. The van der Waals surface area contributed by atoms with Crippen molar-refractivity contribution in [2.75, 3.05) is 13.9 Å². The zero-order chi connectivity index (χ0) is 14.5. The van der Waals surface area contributed by atoms with Gasteiger partial charge >= 0.3 is 6.09 Å². The fraction of sp³-hybridized carbons (Fsp3) is 0.417. The molecule has 0 aliphatic carbocycles. The molecule has 7 heteroatoms. The first-order valence-electron chi connectivity index (χ1n) is 5.52. The summed E-state index contributed by atoms with van der Waals surface area (Å²) in [6.45, 7) is 1.67. The number of methoxy groups -OCH3 is 1. The number of carbonyl (C=O) groups excluding carboxylic acids is 1.